The number of nitrogen functional groups attached to an aromatic ring is 1. The van der Waals surface area contributed by atoms with E-state index in [9.17, 15) is 5.11 Å². The Morgan fingerprint density at radius 3 is 2.07 bits per heavy atom. The third-order valence-electron chi connectivity index (χ3n) is 4.05. The van der Waals surface area contributed by atoms with Crippen LogP contribution in [0.15, 0.2) is 66.7 Å². The molecule has 0 radical (unpaired) electrons. The van der Waals surface area contributed by atoms with Gasteiger partial charge in [-0.2, -0.15) is 0 Å². The van der Waals surface area contributed by atoms with Crippen LogP contribution >= 0.6 is 12.6 Å². The van der Waals surface area contributed by atoms with E-state index in [2.05, 4.69) is 35.8 Å². The van der Waals surface area contributed by atoms with Gasteiger partial charge in [-0.1, -0.05) is 49.0 Å². The molecule has 0 bridgehead atoms. The molecule has 7 heteroatoms. The summed E-state index contributed by atoms with van der Waals surface area (Å²) < 4.78 is 0. The fraction of sp³-hybridized carbons (Fsp3) is 0.0476. The molecular weight excluding hydrogens is 372 g/mol. The number of aliphatic hydroxyl groups excluding tert-OH is 1. The van der Waals surface area contributed by atoms with Gasteiger partial charge in [0.2, 0.25) is 0 Å². The minimum Gasteiger partial charge on any atom is -0.399 e. The number of hydrogen-bond donors (Lipinski definition) is 5. The number of hydrogen-bond acceptors (Lipinski definition) is 5. The molecule has 1 amide bonds. The van der Waals surface area contributed by atoms with Crippen molar-refractivity contribution in [3.05, 3.63) is 72.3 Å². The van der Waals surface area contributed by atoms with Crippen molar-refractivity contribution in [2.75, 3.05) is 11.1 Å². The van der Waals surface area contributed by atoms with Crippen molar-refractivity contribution >= 4 is 56.7 Å². The van der Waals surface area contributed by atoms with Crippen molar-refractivity contribution in [2.45, 2.75) is 6.61 Å². The second kappa shape index (κ2) is 8.60. The molecule has 0 fully saturated rings. The van der Waals surface area contributed by atoms with E-state index in [1.807, 2.05) is 48.5 Å². The van der Waals surface area contributed by atoms with Crippen LogP contribution in [0.2, 0.25) is 0 Å². The molecule has 1 heterocycles. The number of carbonyl (C=O) groups excluding carboxylic acids is 1. The number of fused-ring (bicyclic) bond motifs is 2. The Bertz CT molecular complexity index is 1090. The van der Waals surface area contributed by atoms with Crippen LogP contribution < -0.4 is 16.8 Å². The number of thiol groups is 1. The van der Waals surface area contributed by atoms with E-state index in [1.165, 1.54) is 0 Å². The Labute approximate surface area is 167 Å². The van der Waals surface area contributed by atoms with E-state index in [1.54, 1.807) is 6.07 Å². The number of nitrogens with two attached hydrogens (primary N) is 2. The Hall–Kier alpha value is -3.29. The van der Waals surface area contributed by atoms with Crippen molar-refractivity contribution in [1.29, 1.82) is 0 Å². The number of para-hydroxylation sites is 2. The van der Waals surface area contributed by atoms with Gasteiger partial charge in [-0.15, -0.1) is 0 Å². The third kappa shape index (κ3) is 4.51. The highest BCUT2D eigenvalue weighted by Gasteiger charge is 2.09. The highest BCUT2D eigenvalue weighted by molar-refractivity contribution is 7.96. The first kappa shape index (κ1) is 19.5. The summed E-state index contributed by atoms with van der Waals surface area (Å²) in [5, 5.41) is 14.3. The Balaban J connectivity index is 0.000000516. The van der Waals surface area contributed by atoms with Crippen molar-refractivity contribution in [3.63, 3.8) is 0 Å². The molecule has 4 aromatic rings. The van der Waals surface area contributed by atoms with E-state index < -0.39 is 5.24 Å². The lowest BCUT2D eigenvalue weighted by molar-refractivity contribution is 0.267. The lowest BCUT2D eigenvalue weighted by Crippen LogP contribution is -1.98. The Morgan fingerprint density at radius 2 is 1.54 bits per heavy atom. The molecule has 0 aliphatic carbocycles. The van der Waals surface area contributed by atoms with Crippen LogP contribution in [0.1, 0.15) is 5.56 Å². The summed E-state index contributed by atoms with van der Waals surface area (Å²) in [6.45, 7) is -0.0441. The molecule has 0 atom stereocenters. The number of aromatic nitrogens is 1. The zero-order valence-electron chi connectivity index (χ0n) is 15.0. The maximum atomic E-state index is 9.40. The molecule has 3 aromatic carbocycles. The van der Waals surface area contributed by atoms with Gasteiger partial charge in [-0.3, -0.25) is 4.79 Å². The number of aliphatic hydroxyl groups is 1. The minimum atomic E-state index is -0.639. The zero-order chi connectivity index (χ0) is 20.1. The first-order chi connectivity index (χ1) is 13.5. The lowest BCUT2D eigenvalue weighted by Gasteiger charge is -2.14. The number of nitrogens with one attached hydrogen (secondary N) is 1. The van der Waals surface area contributed by atoms with Gasteiger partial charge in [0.15, 0.2) is 0 Å². The molecule has 0 unspecified atom stereocenters. The zero-order valence-corrected chi connectivity index (χ0v) is 15.9. The van der Waals surface area contributed by atoms with Crippen molar-refractivity contribution in [1.82, 2.24) is 4.98 Å². The maximum absolute atomic E-state index is 9.40. The van der Waals surface area contributed by atoms with E-state index in [4.69, 9.17) is 15.5 Å². The summed E-state index contributed by atoms with van der Waals surface area (Å²) in [6, 6.07) is 21.6. The summed E-state index contributed by atoms with van der Waals surface area (Å²) in [5.74, 6) is 0. The highest BCUT2D eigenvalue weighted by Crippen LogP contribution is 2.33. The van der Waals surface area contributed by atoms with E-state index in [0.717, 1.165) is 38.7 Å². The highest BCUT2D eigenvalue weighted by atomic mass is 32.1. The molecule has 142 valence electrons. The summed E-state index contributed by atoms with van der Waals surface area (Å²) in [7, 11) is 0. The van der Waals surface area contributed by atoms with Crippen LogP contribution in [-0.2, 0) is 6.61 Å². The number of pyridine rings is 1. The van der Waals surface area contributed by atoms with E-state index >= 15 is 0 Å². The molecule has 0 spiro atoms. The minimum absolute atomic E-state index is 0.0441. The number of benzene rings is 3. The number of carbonyl (C=O) groups is 1. The van der Waals surface area contributed by atoms with Crippen LogP contribution in [0.5, 0.6) is 0 Å². The second-order valence-corrected chi connectivity index (χ2v) is 6.55. The summed E-state index contributed by atoms with van der Waals surface area (Å²) >= 11 is 3.10. The van der Waals surface area contributed by atoms with Gasteiger partial charge in [0.05, 0.1) is 23.3 Å². The molecule has 0 aliphatic rings. The first-order valence-corrected chi connectivity index (χ1v) is 8.96. The fourth-order valence-electron chi connectivity index (χ4n) is 3.00. The fourth-order valence-corrected chi connectivity index (χ4v) is 3.00. The number of nitrogens with zero attached hydrogens (tertiary/aromatic N) is 1. The number of anilines is 3. The Morgan fingerprint density at radius 1 is 1.00 bits per heavy atom. The Kier molecular flexibility index (Phi) is 5.98. The largest absolute Gasteiger partial charge is 0.399 e. The SMILES string of the molecule is NC(=O)S.Nc1cc(CO)cc(Nc2c3ccccc3nc3ccccc23)c1. The van der Waals surface area contributed by atoms with Crippen LogP contribution in [0.3, 0.4) is 0 Å². The molecule has 1 aromatic heterocycles. The second-order valence-electron chi connectivity index (χ2n) is 6.11. The maximum Gasteiger partial charge on any atom is 0.273 e. The standard InChI is InChI=1S/C20H17N3O.CH3NOS/c21-14-9-13(12-24)10-15(11-14)22-20-16-5-1-3-7-18(16)23-19-8-4-2-6-17(19)20;2-1(3)4/h1-11,24H,12,21H2,(H,22,23);(H3,2,3,4). The van der Waals surface area contributed by atoms with Gasteiger partial charge < -0.3 is 21.9 Å². The van der Waals surface area contributed by atoms with Gasteiger partial charge in [-0.25, -0.2) is 4.98 Å². The third-order valence-corrected chi connectivity index (χ3v) is 4.05. The molecule has 0 aliphatic heterocycles. The van der Waals surface area contributed by atoms with Crippen molar-refractivity contribution < 1.29 is 9.90 Å². The van der Waals surface area contributed by atoms with Gasteiger partial charge in [0.1, 0.15) is 0 Å². The van der Waals surface area contributed by atoms with Crippen LogP contribution in [0, 0.1) is 0 Å². The normalized spacial score (nSPS) is 10.4. The quantitative estimate of drug-likeness (QED) is 0.204. The van der Waals surface area contributed by atoms with Crippen LogP contribution in [0.25, 0.3) is 21.8 Å². The van der Waals surface area contributed by atoms with Gasteiger partial charge in [-0.05, 0) is 35.9 Å². The van der Waals surface area contributed by atoms with Gasteiger partial charge in [0, 0.05) is 22.1 Å². The van der Waals surface area contributed by atoms with Crippen LogP contribution in [-0.4, -0.2) is 15.3 Å². The van der Waals surface area contributed by atoms with Gasteiger partial charge in [0.25, 0.3) is 5.24 Å². The van der Waals surface area contributed by atoms with Crippen molar-refractivity contribution in [2.24, 2.45) is 5.73 Å². The summed E-state index contributed by atoms with van der Waals surface area (Å²) in [5.41, 5.74) is 15.4. The van der Waals surface area contributed by atoms with Gasteiger partial charge >= 0.3 is 0 Å². The topological polar surface area (TPSA) is 114 Å². The first-order valence-electron chi connectivity index (χ1n) is 8.51. The molecule has 4 rings (SSSR count). The smallest absolute Gasteiger partial charge is 0.273 e. The molecular formula is C21H20N4O2S. The van der Waals surface area contributed by atoms with Crippen LogP contribution in [0.4, 0.5) is 21.9 Å². The predicted molar refractivity (Wildman–Crippen MR) is 118 cm³/mol. The van der Waals surface area contributed by atoms with Crippen molar-refractivity contribution in [3.8, 4) is 0 Å². The number of rotatable bonds is 3. The molecule has 6 N–H and O–H groups in total. The monoisotopic (exact) mass is 392 g/mol. The lowest BCUT2D eigenvalue weighted by atomic mass is 10.1. The molecule has 0 saturated carbocycles. The molecule has 6 nitrogen and oxygen atoms in total. The number of amides is 1. The average molecular weight is 392 g/mol. The van der Waals surface area contributed by atoms with E-state index in [0.29, 0.717) is 5.69 Å². The predicted octanol–water partition coefficient (Wildman–Crippen LogP) is 4.20. The number of primary amides is 1. The summed E-state index contributed by atoms with van der Waals surface area (Å²) in [4.78, 5) is 13.8. The average Bonchev–Trinajstić information content (AvgIpc) is 2.67. The molecule has 0 saturated heterocycles. The van der Waals surface area contributed by atoms with E-state index in [-0.39, 0.29) is 6.61 Å². The molecule has 28 heavy (non-hydrogen) atoms. The summed E-state index contributed by atoms with van der Waals surface area (Å²) in [6.07, 6.45) is 0.